The number of phenols is 2. The first kappa shape index (κ1) is 17.6. The molecule has 2 N–H and O–H groups in total. The summed E-state index contributed by atoms with van der Waals surface area (Å²) in [6.07, 6.45) is 0. The minimum Gasteiger partial charge on any atom is -0.504 e. The zero-order valence-electron chi connectivity index (χ0n) is 14.6. The Labute approximate surface area is 158 Å². The fourth-order valence-electron chi connectivity index (χ4n) is 2.89. The fraction of sp³-hybridized carbons (Fsp3) is 0.0455. The molecule has 1 aromatic heterocycles. The highest BCUT2D eigenvalue weighted by atomic mass is 19.1. The van der Waals surface area contributed by atoms with Gasteiger partial charge in [-0.1, -0.05) is 42.5 Å². The molecule has 0 saturated heterocycles. The number of rotatable bonds is 4. The van der Waals surface area contributed by atoms with Gasteiger partial charge in [0.1, 0.15) is 29.2 Å². The molecule has 0 radical (unpaired) electrons. The molecule has 3 aromatic carbocycles. The number of phenolic OH excluding ortho intramolecular Hbond substituents is 2. The largest absolute Gasteiger partial charge is 0.504 e. The Balaban J connectivity index is 1.74. The van der Waals surface area contributed by atoms with Crippen LogP contribution >= 0.6 is 0 Å². The van der Waals surface area contributed by atoms with E-state index in [1.165, 1.54) is 36.4 Å². The monoisotopic (exact) mass is 378 g/mol. The quantitative estimate of drug-likeness (QED) is 0.543. The number of halogens is 1. The van der Waals surface area contributed by atoms with Crippen LogP contribution in [-0.4, -0.2) is 10.2 Å². The van der Waals surface area contributed by atoms with Crippen LogP contribution < -0.4 is 10.2 Å². The molecule has 0 atom stereocenters. The van der Waals surface area contributed by atoms with Gasteiger partial charge in [-0.25, -0.2) is 4.39 Å². The van der Waals surface area contributed by atoms with E-state index in [2.05, 4.69) is 0 Å². The molecule has 6 heteroatoms. The molecule has 1 heterocycles. The summed E-state index contributed by atoms with van der Waals surface area (Å²) in [5.41, 5.74) is 0.892. The van der Waals surface area contributed by atoms with E-state index < -0.39 is 11.2 Å². The minimum absolute atomic E-state index is 0.0274. The summed E-state index contributed by atoms with van der Waals surface area (Å²) < 4.78 is 24.2. The Kier molecular flexibility index (Phi) is 4.45. The second kappa shape index (κ2) is 7.08. The Morgan fingerprint density at radius 2 is 1.68 bits per heavy atom. The number of aromatic hydroxyl groups is 2. The summed E-state index contributed by atoms with van der Waals surface area (Å²) in [6, 6.07) is 17.1. The topological polar surface area (TPSA) is 79.9 Å². The first-order valence-corrected chi connectivity index (χ1v) is 8.48. The Morgan fingerprint density at radius 3 is 2.39 bits per heavy atom. The number of fused-ring (bicyclic) bond motifs is 1. The van der Waals surface area contributed by atoms with E-state index in [0.717, 1.165) is 0 Å². The van der Waals surface area contributed by atoms with Gasteiger partial charge < -0.3 is 19.4 Å². The molecule has 4 aromatic rings. The van der Waals surface area contributed by atoms with Gasteiger partial charge in [-0.05, 0) is 17.7 Å². The van der Waals surface area contributed by atoms with Crippen molar-refractivity contribution in [3.05, 3.63) is 88.3 Å². The lowest BCUT2D eigenvalue weighted by atomic mass is 10.1. The predicted octanol–water partition coefficient (Wildman–Crippen LogP) is 4.59. The number of ether oxygens (including phenoxy) is 1. The predicted molar refractivity (Wildman–Crippen MR) is 102 cm³/mol. The van der Waals surface area contributed by atoms with Crippen molar-refractivity contribution in [2.45, 2.75) is 6.61 Å². The van der Waals surface area contributed by atoms with E-state index in [1.807, 2.05) is 6.07 Å². The van der Waals surface area contributed by atoms with E-state index in [9.17, 15) is 19.4 Å². The van der Waals surface area contributed by atoms with Crippen molar-refractivity contribution in [3.8, 4) is 28.6 Å². The molecule has 5 nitrogen and oxygen atoms in total. The summed E-state index contributed by atoms with van der Waals surface area (Å²) in [7, 11) is 0. The van der Waals surface area contributed by atoms with Crippen LogP contribution in [0.15, 0.2) is 75.9 Å². The maximum absolute atomic E-state index is 13.0. The van der Waals surface area contributed by atoms with E-state index in [-0.39, 0.29) is 34.9 Å². The Hall–Kier alpha value is -3.80. The Morgan fingerprint density at radius 1 is 0.964 bits per heavy atom. The van der Waals surface area contributed by atoms with E-state index in [0.29, 0.717) is 16.9 Å². The second-order valence-corrected chi connectivity index (χ2v) is 6.20. The van der Waals surface area contributed by atoms with Crippen LogP contribution in [0.3, 0.4) is 0 Å². The van der Waals surface area contributed by atoms with Crippen LogP contribution in [0.2, 0.25) is 0 Å². The maximum atomic E-state index is 13.0. The number of hydrogen-bond donors (Lipinski definition) is 2. The van der Waals surface area contributed by atoms with Gasteiger partial charge in [0.05, 0.1) is 0 Å². The molecule has 140 valence electrons. The van der Waals surface area contributed by atoms with Crippen LogP contribution in [0.4, 0.5) is 4.39 Å². The van der Waals surface area contributed by atoms with Gasteiger partial charge in [0.15, 0.2) is 16.9 Å². The molecule has 0 fully saturated rings. The van der Waals surface area contributed by atoms with Crippen LogP contribution in [-0.2, 0) is 6.61 Å². The second-order valence-electron chi connectivity index (χ2n) is 6.20. The van der Waals surface area contributed by atoms with Gasteiger partial charge in [-0.15, -0.1) is 0 Å². The molecule has 0 amide bonds. The van der Waals surface area contributed by atoms with Gasteiger partial charge in [0.2, 0.25) is 5.75 Å². The maximum Gasteiger partial charge on any atom is 0.204 e. The fourth-order valence-corrected chi connectivity index (χ4v) is 2.89. The summed E-state index contributed by atoms with van der Waals surface area (Å²) in [5, 5.41) is 20.7. The van der Waals surface area contributed by atoms with Gasteiger partial charge in [0, 0.05) is 17.7 Å². The Bertz CT molecular complexity index is 1200. The van der Waals surface area contributed by atoms with Crippen molar-refractivity contribution in [2.24, 2.45) is 0 Å². The molecule has 0 aliphatic carbocycles. The zero-order chi connectivity index (χ0) is 19.7. The molecule has 0 spiro atoms. The van der Waals surface area contributed by atoms with Crippen molar-refractivity contribution in [1.29, 1.82) is 0 Å². The SMILES string of the molecule is O=c1cc(-c2ccccc2)oc2cc(O)c(OCc3ccc(F)cc3)c(O)c12. The molecular weight excluding hydrogens is 363 g/mol. The average molecular weight is 378 g/mol. The molecule has 28 heavy (non-hydrogen) atoms. The molecular formula is C22H15FO5. The number of benzene rings is 3. The molecule has 0 saturated carbocycles. The van der Waals surface area contributed by atoms with E-state index >= 15 is 0 Å². The van der Waals surface area contributed by atoms with Crippen LogP contribution in [0.5, 0.6) is 17.2 Å². The molecule has 4 rings (SSSR count). The van der Waals surface area contributed by atoms with Gasteiger partial charge in [-0.3, -0.25) is 4.79 Å². The molecule has 0 aliphatic heterocycles. The third kappa shape index (κ3) is 3.27. The molecule has 0 bridgehead atoms. The molecule has 0 unspecified atom stereocenters. The number of hydrogen-bond acceptors (Lipinski definition) is 5. The first-order chi connectivity index (χ1) is 13.5. The third-order valence-electron chi connectivity index (χ3n) is 4.28. The molecule has 0 aliphatic rings. The summed E-state index contributed by atoms with van der Waals surface area (Å²) in [4.78, 5) is 12.6. The van der Waals surface area contributed by atoms with Gasteiger partial charge in [-0.2, -0.15) is 0 Å². The van der Waals surface area contributed by atoms with Crippen molar-refractivity contribution in [3.63, 3.8) is 0 Å². The third-order valence-corrected chi connectivity index (χ3v) is 4.28. The highest BCUT2D eigenvalue weighted by Crippen LogP contribution is 2.42. The lowest BCUT2D eigenvalue weighted by Gasteiger charge is -2.12. The highest BCUT2D eigenvalue weighted by molar-refractivity contribution is 5.89. The smallest absolute Gasteiger partial charge is 0.204 e. The van der Waals surface area contributed by atoms with Gasteiger partial charge >= 0.3 is 0 Å². The van der Waals surface area contributed by atoms with E-state index in [1.54, 1.807) is 24.3 Å². The highest BCUT2D eigenvalue weighted by Gasteiger charge is 2.19. The van der Waals surface area contributed by atoms with E-state index in [4.69, 9.17) is 9.15 Å². The van der Waals surface area contributed by atoms with Gasteiger partial charge in [0.25, 0.3) is 0 Å². The summed E-state index contributed by atoms with van der Waals surface area (Å²) in [5.74, 6) is -1.19. The van der Waals surface area contributed by atoms with Crippen molar-refractivity contribution < 1.29 is 23.8 Å². The lowest BCUT2D eigenvalue weighted by Crippen LogP contribution is -2.03. The summed E-state index contributed by atoms with van der Waals surface area (Å²) in [6.45, 7) is -0.0274. The van der Waals surface area contributed by atoms with Crippen molar-refractivity contribution >= 4 is 11.0 Å². The van der Waals surface area contributed by atoms with Crippen LogP contribution in [0, 0.1) is 5.82 Å². The van der Waals surface area contributed by atoms with Crippen molar-refractivity contribution in [1.82, 2.24) is 0 Å². The summed E-state index contributed by atoms with van der Waals surface area (Å²) >= 11 is 0. The first-order valence-electron chi connectivity index (χ1n) is 8.48. The normalized spacial score (nSPS) is 10.9. The lowest BCUT2D eigenvalue weighted by molar-refractivity contribution is 0.274. The zero-order valence-corrected chi connectivity index (χ0v) is 14.6. The standard InChI is InChI=1S/C22H15FO5/c23-15-8-6-13(7-9-15)12-27-22-17(25)11-19-20(21(22)26)16(24)10-18(28-19)14-4-2-1-3-5-14/h1-11,25-26H,12H2. The van der Waals surface area contributed by atoms with Crippen LogP contribution in [0.25, 0.3) is 22.3 Å². The van der Waals surface area contributed by atoms with Crippen molar-refractivity contribution in [2.75, 3.05) is 0 Å². The average Bonchev–Trinajstić information content (AvgIpc) is 2.69. The minimum atomic E-state index is -0.509. The van der Waals surface area contributed by atoms with Crippen LogP contribution in [0.1, 0.15) is 5.56 Å².